The number of anilines is 1. The van der Waals surface area contributed by atoms with Gasteiger partial charge in [-0.3, -0.25) is 9.69 Å². The molecule has 1 aliphatic heterocycles. The van der Waals surface area contributed by atoms with Gasteiger partial charge in [-0.25, -0.2) is 4.39 Å². The van der Waals surface area contributed by atoms with Crippen LogP contribution in [0, 0.1) is 12.7 Å². The first-order chi connectivity index (χ1) is 10.1. The second-order valence-corrected chi connectivity index (χ2v) is 6.39. The van der Waals surface area contributed by atoms with Crippen molar-refractivity contribution in [3.8, 4) is 0 Å². The van der Waals surface area contributed by atoms with Gasteiger partial charge >= 0.3 is 0 Å². The normalized spacial score (nSPS) is 18.3. The Morgan fingerprint density at radius 2 is 1.95 bits per heavy atom. The summed E-state index contributed by atoms with van der Waals surface area (Å²) in [6, 6.07) is 11.9. The molecular formula is C16H13ClFNOS. The molecule has 0 aliphatic carbocycles. The third-order valence-corrected chi connectivity index (χ3v) is 5.08. The molecular weight excluding hydrogens is 309 g/mol. The predicted molar refractivity (Wildman–Crippen MR) is 85.3 cm³/mol. The maximum atomic E-state index is 13.1. The topological polar surface area (TPSA) is 20.3 Å². The van der Waals surface area contributed by atoms with Gasteiger partial charge in [0.25, 0.3) is 0 Å². The lowest BCUT2D eigenvalue weighted by atomic mass is 10.1. The van der Waals surface area contributed by atoms with Crippen LogP contribution in [0.2, 0.25) is 5.02 Å². The molecule has 1 unspecified atom stereocenters. The molecule has 2 aromatic rings. The van der Waals surface area contributed by atoms with Crippen molar-refractivity contribution in [2.75, 3.05) is 10.7 Å². The highest BCUT2D eigenvalue weighted by Crippen LogP contribution is 2.42. The van der Waals surface area contributed by atoms with Crippen molar-refractivity contribution in [2.24, 2.45) is 0 Å². The average molecular weight is 322 g/mol. The van der Waals surface area contributed by atoms with Crippen LogP contribution in [0.5, 0.6) is 0 Å². The number of rotatable bonds is 2. The molecule has 2 nitrogen and oxygen atoms in total. The lowest BCUT2D eigenvalue weighted by Gasteiger charge is -2.24. The summed E-state index contributed by atoms with van der Waals surface area (Å²) in [7, 11) is 0. The van der Waals surface area contributed by atoms with Crippen LogP contribution in [0.25, 0.3) is 0 Å². The second kappa shape index (κ2) is 5.70. The van der Waals surface area contributed by atoms with E-state index in [9.17, 15) is 9.18 Å². The third-order valence-electron chi connectivity index (χ3n) is 3.46. The van der Waals surface area contributed by atoms with Crippen LogP contribution in [0.3, 0.4) is 0 Å². The molecule has 108 valence electrons. The van der Waals surface area contributed by atoms with Gasteiger partial charge in [0.05, 0.1) is 5.75 Å². The highest BCUT2D eigenvalue weighted by molar-refractivity contribution is 8.00. The quantitative estimate of drug-likeness (QED) is 0.807. The molecule has 0 spiro atoms. The number of aryl methyl sites for hydroxylation is 1. The van der Waals surface area contributed by atoms with Crippen LogP contribution >= 0.6 is 23.4 Å². The standard InChI is InChI=1S/C16H13ClFNOS/c1-10-2-7-13(8-14(10)17)19-15(20)9-21-16(19)11-3-5-12(18)6-4-11/h2-8,16H,9H2,1H3. The van der Waals surface area contributed by atoms with E-state index in [4.69, 9.17) is 11.6 Å². The minimum atomic E-state index is -0.280. The van der Waals surface area contributed by atoms with Crippen molar-refractivity contribution in [3.05, 3.63) is 64.4 Å². The van der Waals surface area contributed by atoms with Gasteiger partial charge in [0.15, 0.2) is 0 Å². The Balaban J connectivity index is 1.99. The van der Waals surface area contributed by atoms with E-state index >= 15 is 0 Å². The molecule has 0 radical (unpaired) electrons. The maximum absolute atomic E-state index is 13.1. The first-order valence-electron chi connectivity index (χ1n) is 6.51. The Morgan fingerprint density at radius 1 is 1.24 bits per heavy atom. The monoisotopic (exact) mass is 321 g/mol. The van der Waals surface area contributed by atoms with Crippen LogP contribution in [0.1, 0.15) is 16.5 Å². The number of hydrogen-bond donors (Lipinski definition) is 0. The van der Waals surface area contributed by atoms with E-state index in [1.165, 1.54) is 23.9 Å². The van der Waals surface area contributed by atoms with Crippen LogP contribution in [-0.4, -0.2) is 11.7 Å². The lowest BCUT2D eigenvalue weighted by Crippen LogP contribution is -2.27. The first-order valence-corrected chi connectivity index (χ1v) is 7.94. The maximum Gasteiger partial charge on any atom is 0.238 e. The van der Waals surface area contributed by atoms with Gasteiger partial charge in [0.2, 0.25) is 5.91 Å². The molecule has 2 aromatic carbocycles. The Morgan fingerprint density at radius 3 is 2.62 bits per heavy atom. The molecule has 1 fully saturated rings. The minimum Gasteiger partial charge on any atom is -0.295 e. The molecule has 0 saturated carbocycles. The Kier molecular flexibility index (Phi) is 3.91. The molecule has 3 rings (SSSR count). The average Bonchev–Trinajstić information content (AvgIpc) is 2.85. The number of amides is 1. The number of thioether (sulfide) groups is 1. The van der Waals surface area contributed by atoms with E-state index in [0.29, 0.717) is 10.8 Å². The van der Waals surface area contributed by atoms with E-state index in [0.717, 1.165) is 16.8 Å². The Labute approximate surface area is 131 Å². The fraction of sp³-hybridized carbons (Fsp3) is 0.188. The van der Waals surface area contributed by atoms with E-state index in [2.05, 4.69) is 0 Å². The fourth-order valence-electron chi connectivity index (χ4n) is 2.31. The van der Waals surface area contributed by atoms with E-state index in [1.807, 2.05) is 19.1 Å². The first kappa shape index (κ1) is 14.4. The predicted octanol–water partition coefficient (Wildman–Crippen LogP) is 4.57. The molecule has 0 bridgehead atoms. The van der Waals surface area contributed by atoms with E-state index < -0.39 is 0 Å². The van der Waals surface area contributed by atoms with Crippen molar-refractivity contribution >= 4 is 35.0 Å². The van der Waals surface area contributed by atoms with Crippen LogP contribution in [-0.2, 0) is 4.79 Å². The Bertz CT molecular complexity index is 689. The minimum absolute atomic E-state index is 0.0363. The van der Waals surface area contributed by atoms with Gasteiger partial charge < -0.3 is 0 Å². The zero-order valence-electron chi connectivity index (χ0n) is 11.3. The number of carbonyl (C=O) groups is 1. The fourth-order valence-corrected chi connectivity index (χ4v) is 3.66. The number of hydrogen-bond acceptors (Lipinski definition) is 2. The van der Waals surface area contributed by atoms with Crippen molar-refractivity contribution in [3.63, 3.8) is 0 Å². The molecule has 1 saturated heterocycles. The number of nitrogens with zero attached hydrogens (tertiary/aromatic N) is 1. The van der Waals surface area contributed by atoms with Gasteiger partial charge in [-0.05, 0) is 42.3 Å². The van der Waals surface area contributed by atoms with Crippen molar-refractivity contribution in [1.82, 2.24) is 0 Å². The SMILES string of the molecule is Cc1ccc(N2C(=O)CSC2c2ccc(F)cc2)cc1Cl. The smallest absolute Gasteiger partial charge is 0.238 e. The summed E-state index contributed by atoms with van der Waals surface area (Å²) in [5.41, 5.74) is 2.65. The Hall–Kier alpha value is -1.52. The van der Waals surface area contributed by atoms with Crippen molar-refractivity contribution in [2.45, 2.75) is 12.3 Å². The zero-order chi connectivity index (χ0) is 15.0. The summed E-state index contributed by atoms with van der Waals surface area (Å²) in [6.45, 7) is 1.92. The molecule has 1 atom stereocenters. The number of benzene rings is 2. The van der Waals surface area contributed by atoms with E-state index in [1.54, 1.807) is 23.1 Å². The zero-order valence-corrected chi connectivity index (χ0v) is 12.9. The van der Waals surface area contributed by atoms with Gasteiger partial charge in [-0.15, -0.1) is 11.8 Å². The number of halogens is 2. The highest BCUT2D eigenvalue weighted by atomic mass is 35.5. The molecule has 1 amide bonds. The summed E-state index contributed by atoms with van der Waals surface area (Å²) in [4.78, 5) is 13.9. The summed E-state index contributed by atoms with van der Waals surface area (Å²) in [6.07, 6.45) is 0. The summed E-state index contributed by atoms with van der Waals surface area (Å²) < 4.78 is 13.1. The van der Waals surface area contributed by atoms with Gasteiger partial charge in [-0.1, -0.05) is 29.8 Å². The molecule has 21 heavy (non-hydrogen) atoms. The number of carbonyl (C=O) groups excluding carboxylic acids is 1. The van der Waals surface area contributed by atoms with Crippen molar-refractivity contribution in [1.29, 1.82) is 0 Å². The van der Waals surface area contributed by atoms with Crippen LogP contribution in [0.15, 0.2) is 42.5 Å². The highest BCUT2D eigenvalue weighted by Gasteiger charge is 2.34. The van der Waals surface area contributed by atoms with Crippen LogP contribution in [0.4, 0.5) is 10.1 Å². The van der Waals surface area contributed by atoms with Gasteiger partial charge in [-0.2, -0.15) is 0 Å². The van der Waals surface area contributed by atoms with Crippen LogP contribution < -0.4 is 4.90 Å². The van der Waals surface area contributed by atoms with Gasteiger partial charge in [0, 0.05) is 10.7 Å². The van der Waals surface area contributed by atoms with Gasteiger partial charge in [0.1, 0.15) is 11.2 Å². The molecule has 1 aliphatic rings. The summed E-state index contributed by atoms with van der Waals surface area (Å²) >= 11 is 7.69. The van der Waals surface area contributed by atoms with E-state index in [-0.39, 0.29) is 17.1 Å². The molecule has 1 heterocycles. The molecule has 0 aromatic heterocycles. The third kappa shape index (κ3) is 2.78. The lowest BCUT2D eigenvalue weighted by molar-refractivity contribution is -0.115. The largest absolute Gasteiger partial charge is 0.295 e. The van der Waals surface area contributed by atoms with Crippen molar-refractivity contribution < 1.29 is 9.18 Å². The second-order valence-electron chi connectivity index (χ2n) is 4.91. The molecule has 0 N–H and O–H groups in total. The summed E-state index contributed by atoms with van der Waals surface area (Å²) in [5.74, 6) is 0.167. The summed E-state index contributed by atoms with van der Waals surface area (Å²) in [5, 5.41) is 0.493. The molecule has 5 heteroatoms.